The van der Waals surface area contributed by atoms with Gasteiger partial charge >= 0.3 is 0 Å². The molecule has 8 heteroatoms. The Hall–Kier alpha value is -2.97. The molecule has 1 heterocycles. The second kappa shape index (κ2) is 8.61. The van der Waals surface area contributed by atoms with E-state index in [0.29, 0.717) is 5.11 Å². The molecule has 6 nitrogen and oxygen atoms in total. The van der Waals surface area contributed by atoms with Gasteiger partial charge in [0, 0.05) is 11.4 Å². The number of nitrogens with zero attached hydrogens (tertiary/aromatic N) is 2. The number of aromatic nitrogens is 1. The molecule has 0 radical (unpaired) electrons. The molecule has 0 bridgehead atoms. The van der Waals surface area contributed by atoms with Gasteiger partial charge in [0.1, 0.15) is 5.75 Å². The number of anilines is 3. The summed E-state index contributed by atoms with van der Waals surface area (Å²) < 4.78 is 0. The molecule has 0 aliphatic carbocycles. The fraction of sp³-hybridized carbons (Fsp3) is 0.105. The maximum Gasteiger partial charge on any atom is 0.191 e. The van der Waals surface area contributed by atoms with E-state index in [1.165, 1.54) is 11.3 Å². The van der Waals surface area contributed by atoms with E-state index in [1.54, 1.807) is 24.3 Å². The molecule has 0 unspecified atom stereocenters. The van der Waals surface area contributed by atoms with Gasteiger partial charge in [-0.15, -0.1) is 0 Å². The largest absolute Gasteiger partial charge is 0.508 e. The Morgan fingerprint density at radius 2 is 1.78 bits per heavy atom. The van der Waals surface area contributed by atoms with Crippen molar-refractivity contribution in [3.8, 4) is 5.75 Å². The number of benzene rings is 2. The fourth-order valence-corrected chi connectivity index (χ4v) is 3.41. The predicted octanol–water partition coefficient (Wildman–Crippen LogP) is 4.61. The highest BCUT2D eigenvalue weighted by molar-refractivity contribution is 7.80. The Kier molecular flexibility index (Phi) is 6.00. The molecule has 1 aromatic heterocycles. The molecule has 0 saturated heterocycles. The first-order chi connectivity index (χ1) is 13.0. The summed E-state index contributed by atoms with van der Waals surface area (Å²) in [5.41, 5.74) is 6.29. The van der Waals surface area contributed by atoms with Crippen molar-refractivity contribution in [3.63, 3.8) is 0 Å². The number of nitrogens with one attached hydrogen (secondary N) is 3. The summed E-state index contributed by atoms with van der Waals surface area (Å²) in [6, 6.07) is 16.5. The van der Waals surface area contributed by atoms with E-state index in [0.717, 1.165) is 32.8 Å². The zero-order valence-corrected chi connectivity index (χ0v) is 16.5. The van der Waals surface area contributed by atoms with Crippen LogP contribution in [-0.2, 0) is 0 Å². The van der Waals surface area contributed by atoms with Crippen LogP contribution < -0.4 is 16.1 Å². The van der Waals surface area contributed by atoms with E-state index < -0.39 is 0 Å². The fourth-order valence-electron chi connectivity index (χ4n) is 2.32. The Labute approximate surface area is 167 Å². The molecule has 4 N–H and O–H groups in total. The van der Waals surface area contributed by atoms with Crippen molar-refractivity contribution in [3.05, 3.63) is 65.2 Å². The summed E-state index contributed by atoms with van der Waals surface area (Å²) in [6.45, 7) is 3.84. The molecule has 27 heavy (non-hydrogen) atoms. The number of phenols is 1. The second-order valence-corrected chi connectivity index (χ2v) is 7.14. The number of thiocarbonyl (C=S) groups is 1. The zero-order chi connectivity index (χ0) is 19.2. The molecule has 0 amide bonds. The van der Waals surface area contributed by atoms with Gasteiger partial charge in [-0.3, -0.25) is 5.43 Å². The highest BCUT2D eigenvalue weighted by Crippen LogP contribution is 2.27. The normalized spacial score (nSPS) is 11.1. The van der Waals surface area contributed by atoms with Gasteiger partial charge in [-0.25, -0.2) is 4.98 Å². The number of thiazole rings is 1. The van der Waals surface area contributed by atoms with Crippen LogP contribution in [0.5, 0.6) is 5.75 Å². The van der Waals surface area contributed by atoms with Gasteiger partial charge in [0.15, 0.2) is 10.2 Å². The standard InChI is InChI=1S/C19H19N5OS2/c1-12-17(27-19(20-12)22-15-8-10-16(25)11-9-15)13(2)23-24-18(26)21-14-6-4-3-5-7-14/h3-11,25H,1-2H3,(H,20,22)(H2,21,24,26)/b23-13+. The van der Waals surface area contributed by atoms with Crippen molar-refractivity contribution in [1.29, 1.82) is 0 Å². The number of rotatable bonds is 5. The average Bonchev–Trinajstić information content (AvgIpc) is 3.03. The van der Waals surface area contributed by atoms with E-state index >= 15 is 0 Å². The van der Waals surface area contributed by atoms with E-state index in [1.807, 2.05) is 44.2 Å². The van der Waals surface area contributed by atoms with Crippen LogP contribution in [0.2, 0.25) is 0 Å². The highest BCUT2D eigenvalue weighted by atomic mass is 32.1. The minimum atomic E-state index is 0.227. The maximum atomic E-state index is 9.36. The zero-order valence-electron chi connectivity index (χ0n) is 14.9. The van der Waals surface area contributed by atoms with Crippen molar-refractivity contribution >= 4 is 50.9 Å². The first-order valence-corrected chi connectivity index (χ1v) is 9.44. The number of aryl methyl sites for hydroxylation is 1. The van der Waals surface area contributed by atoms with Crippen molar-refractivity contribution in [1.82, 2.24) is 10.4 Å². The van der Waals surface area contributed by atoms with Crippen LogP contribution in [0.3, 0.4) is 0 Å². The molecule has 3 rings (SSSR count). The molecule has 0 aliphatic heterocycles. The number of aromatic hydroxyl groups is 1. The number of para-hydroxylation sites is 1. The Morgan fingerprint density at radius 1 is 1.07 bits per heavy atom. The van der Waals surface area contributed by atoms with Crippen molar-refractivity contribution in [2.45, 2.75) is 13.8 Å². The summed E-state index contributed by atoms with van der Waals surface area (Å²) in [5, 5.41) is 21.2. The van der Waals surface area contributed by atoms with Gasteiger partial charge < -0.3 is 15.7 Å². The lowest BCUT2D eigenvalue weighted by molar-refractivity contribution is 0.475. The summed E-state index contributed by atoms with van der Waals surface area (Å²) in [7, 11) is 0. The monoisotopic (exact) mass is 397 g/mol. The lowest BCUT2D eigenvalue weighted by Gasteiger charge is -2.07. The van der Waals surface area contributed by atoms with E-state index in [4.69, 9.17) is 12.2 Å². The maximum absolute atomic E-state index is 9.36. The minimum Gasteiger partial charge on any atom is -0.508 e. The summed E-state index contributed by atoms with van der Waals surface area (Å²) in [6.07, 6.45) is 0. The van der Waals surface area contributed by atoms with Crippen molar-refractivity contribution in [2.75, 3.05) is 10.6 Å². The van der Waals surface area contributed by atoms with Gasteiger partial charge in [0.2, 0.25) is 0 Å². The van der Waals surface area contributed by atoms with Gasteiger partial charge in [-0.1, -0.05) is 29.5 Å². The van der Waals surface area contributed by atoms with Crippen molar-refractivity contribution in [2.24, 2.45) is 5.10 Å². The highest BCUT2D eigenvalue weighted by Gasteiger charge is 2.11. The third-order valence-electron chi connectivity index (χ3n) is 3.60. The third-order valence-corrected chi connectivity index (χ3v) is 4.98. The Balaban J connectivity index is 1.64. The molecular weight excluding hydrogens is 378 g/mol. The quantitative estimate of drug-likeness (QED) is 0.218. The van der Waals surface area contributed by atoms with Gasteiger partial charge in [0.25, 0.3) is 0 Å². The molecule has 0 aliphatic rings. The smallest absolute Gasteiger partial charge is 0.191 e. The minimum absolute atomic E-state index is 0.227. The first-order valence-electron chi connectivity index (χ1n) is 8.21. The topological polar surface area (TPSA) is 81.6 Å². The summed E-state index contributed by atoms with van der Waals surface area (Å²) in [5.74, 6) is 0.227. The van der Waals surface area contributed by atoms with E-state index in [2.05, 4.69) is 26.1 Å². The van der Waals surface area contributed by atoms with E-state index in [9.17, 15) is 5.11 Å². The van der Waals surface area contributed by atoms with Crippen LogP contribution in [0, 0.1) is 6.92 Å². The lowest BCUT2D eigenvalue weighted by Crippen LogP contribution is -2.24. The number of hydrazone groups is 1. The summed E-state index contributed by atoms with van der Waals surface area (Å²) >= 11 is 6.77. The van der Waals surface area contributed by atoms with Crippen LogP contribution in [0.4, 0.5) is 16.5 Å². The van der Waals surface area contributed by atoms with Gasteiger partial charge in [0.05, 0.1) is 16.3 Å². The molecule has 3 aromatic rings. The van der Waals surface area contributed by atoms with Gasteiger partial charge in [-0.2, -0.15) is 5.10 Å². The first kappa shape index (κ1) is 18.8. The molecule has 2 aromatic carbocycles. The van der Waals surface area contributed by atoms with Crippen LogP contribution in [0.15, 0.2) is 59.7 Å². The second-order valence-electron chi connectivity index (χ2n) is 5.73. The van der Waals surface area contributed by atoms with Crippen LogP contribution in [0.1, 0.15) is 17.5 Å². The summed E-state index contributed by atoms with van der Waals surface area (Å²) in [4.78, 5) is 5.50. The van der Waals surface area contributed by atoms with Crippen molar-refractivity contribution < 1.29 is 5.11 Å². The van der Waals surface area contributed by atoms with Crippen LogP contribution in [0.25, 0.3) is 0 Å². The number of hydrogen-bond acceptors (Lipinski definition) is 6. The van der Waals surface area contributed by atoms with Gasteiger partial charge in [-0.05, 0) is 62.5 Å². The molecule has 0 fully saturated rings. The number of hydrogen-bond donors (Lipinski definition) is 4. The Bertz CT molecular complexity index is 952. The number of phenolic OH excluding ortho intramolecular Hbond substituents is 1. The molecule has 138 valence electrons. The molecule has 0 atom stereocenters. The SMILES string of the molecule is C/C(=N\NC(=S)Nc1ccccc1)c1sc(Nc2ccc(O)cc2)nc1C. The molecule has 0 saturated carbocycles. The van der Waals surface area contributed by atoms with Crippen LogP contribution in [-0.4, -0.2) is 20.9 Å². The van der Waals surface area contributed by atoms with Crippen LogP contribution >= 0.6 is 23.6 Å². The molecular formula is C19H19N5OS2. The third kappa shape index (κ3) is 5.25. The Morgan fingerprint density at radius 3 is 2.48 bits per heavy atom. The average molecular weight is 398 g/mol. The lowest BCUT2D eigenvalue weighted by atomic mass is 10.3. The predicted molar refractivity (Wildman–Crippen MR) is 116 cm³/mol. The molecule has 0 spiro atoms. The van der Waals surface area contributed by atoms with E-state index in [-0.39, 0.29) is 5.75 Å².